The molecule has 4 nitrogen and oxygen atoms in total. The van der Waals surface area contributed by atoms with E-state index in [4.69, 9.17) is 16.7 Å². The molecule has 0 spiro atoms. The minimum Gasteiger partial charge on any atom is -0.481 e. The van der Waals surface area contributed by atoms with Gasteiger partial charge >= 0.3 is 5.97 Å². The van der Waals surface area contributed by atoms with E-state index >= 15 is 0 Å². The molecule has 2 N–H and O–H groups in total. The number of benzene rings is 1. The quantitative estimate of drug-likeness (QED) is 0.869. The molecule has 1 amide bonds. The number of hydrogen-bond acceptors (Lipinski definition) is 2. The van der Waals surface area contributed by atoms with Gasteiger partial charge in [0.15, 0.2) is 0 Å². The van der Waals surface area contributed by atoms with Crippen molar-refractivity contribution in [1.29, 1.82) is 0 Å². The highest BCUT2D eigenvalue weighted by Gasteiger charge is 2.48. The molecule has 0 unspecified atom stereocenters. The van der Waals surface area contributed by atoms with E-state index in [-0.39, 0.29) is 5.91 Å². The van der Waals surface area contributed by atoms with Crippen LogP contribution in [0.2, 0.25) is 5.02 Å². The molecular weight excluding hydrogens is 242 g/mol. The van der Waals surface area contributed by atoms with Crippen LogP contribution in [0, 0.1) is 18.8 Å². The number of carboxylic acid groups (broad SMARTS) is 1. The maximum atomic E-state index is 11.7. The van der Waals surface area contributed by atoms with Gasteiger partial charge in [-0.3, -0.25) is 9.59 Å². The molecule has 1 fully saturated rings. The van der Waals surface area contributed by atoms with Crippen molar-refractivity contribution < 1.29 is 14.7 Å². The fourth-order valence-electron chi connectivity index (χ4n) is 1.70. The molecule has 0 radical (unpaired) electrons. The Bertz CT molecular complexity index is 487. The van der Waals surface area contributed by atoms with Crippen LogP contribution in [0.3, 0.4) is 0 Å². The summed E-state index contributed by atoms with van der Waals surface area (Å²) in [6.07, 6.45) is 0.407. The van der Waals surface area contributed by atoms with Gasteiger partial charge in [0.2, 0.25) is 5.91 Å². The highest BCUT2D eigenvalue weighted by molar-refractivity contribution is 6.33. The van der Waals surface area contributed by atoms with Gasteiger partial charge in [-0.05, 0) is 31.0 Å². The lowest BCUT2D eigenvalue weighted by Gasteiger charge is -2.07. The first-order chi connectivity index (χ1) is 7.99. The van der Waals surface area contributed by atoms with E-state index in [1.165, 1.54) is 0 Å². The van der Waals surface area contributed by atoms with E-state index in [0.29, 0.717) is 17.1 Å². The Labute approximate surface area is 104 Å². The lowest BCUT2D eigenvalue weighted by Crippen LogP contribution is -2.17. The highest BCUT2D eigenvalue weighted by atomic mass is 35.5. The van der Waals surface area contributed by atoms with Crippen LogP contribution in [0.25, 0.3) is 0 Å². The second kappa shape index (κ2) is 4.37. The molecule has 1 aromatic rings. The minimum atomic E-state index is -0.917. The first-order valence-electron chi connectivity index (χ1n) is 5.29. The van der Waals surface area contributed by atoms with Crippen molar-refractivity contribution in [2.45, 2.75) is 13.3 Å². The third-order valence-electron chi connectivity index (χ3n) is 2.83. The number of carboxylic acids is 1. The number of amides is 1. The van der Waals surface area contributed by atoms with E-state index in [2.05, 4.69) is 5.32 Å². The van der Waals surface area contributed by atoms with Crippen molar-refractivity contribution >= 4 is 29.2 Å². The number of nitrogens with one attached hydrogen (secondary N) is 1. The van der Waals surface area contributed by atoms with Gasteiger partial charge in [0.25, 0.3) is 0 Å². The molecule has 0 heterocycles. The maximum absolute atomic E-state index is 11.7. The SMILES string of the molecule is Cc1ccc(NC(=O)[C@@H]2C[C@@H]2C(=O)O)c(Cl)c1. The summed E-state index contributed by atoms with van der Waals surface area (Å²) in [4.78, 5) is 22.3. The molecule has 0 saturated heterocycles. The molecule has 1 aliphatic rings. The molecule has 0 aromatic heterocycles. The molecule has 2 rings (SSSR count). The Morgan fingerprint density at radius 3 is 2.65 bits per heavy atom. The number of carbonyl (C=O) groups excluding carboxylic acids is 1. The van der Waals surface area contributed by atoms with E-state index in [9.17, 15) is 9.59 Å². The zero-order valence-electron chi connectivity index (χ0n) is 9.24. The highest BCUT2D eigenvalue weighted by Crippen LogP contribution is 2.39. The Kier molecular flexibility index (Phi) is 3.07. The van der Waals surface area contributed by atoms with Crippen LogP contribution in [-0.4, -0.2) is 17.0 Å². The van der Waals surface area contributed by atoms with Crippen molar-refractivity contribution in [2.75, 3.05) is 5.32 Å². The van der Waals surface area contributed by atoms with Crippen LogP contribution in [-0.2, 0) is 9.59 Å². The van der Waals surface area contributed by atoms with Crippen molar-refractivity contribution in [1.82, 2.24) is 0 Å². The molecule has 1 saturated carbocycles. The van der Waals surface area contributed by atoms with Crippen LogP contribution in [0.5, 0.6) is 0 Å². The molecule has 5 heteroatoms. The number of aliphatic carboxylic acids is 1. The monoisotopic (exact) mass is 253 g/mol. The average molecular weight is 254 g/mol. The second-order valence-corrected chi connectivity index (χ2v) is 4.67. The smallest absolute Gasteiger partial charge is 0.307 e. The van der Waals surface area contributed by atoms with Crippen LogP contribution in [0.4, 0.5) is 5.69 Å². The summed E-state index contributed by atoms with van der Waals surface area (Å²) < 4.78 is 0. The Morgan fingerprint density at radius 1 is 1.41 bits per heavy atom. The zero-order valence-corrected chi connectivity index (χ0v) is 9.99. The average Bonchev–Trinajstić information content (AvgIpc) is 3.01. The van der Waals surface area contributed by atoms with E-state index in [0.717, 1.165) is 5.56 Å². The van der Waals surface area contributed by atoms with Crippen LogP contribution in [0.15, 0.2) is 18.2 Å². The van der Waals surface area contributed by atoms with E-state index in [1.54, 1.807) is 12.1 Å². The lowest BCUT2D eigenvalue weighted by molar-refractivity contribution is -0.139. The Morgan fingerprint density at radius 2 is 2.12 bits per heavy atom. The summed E-state index contributed by atoms with van der Waals surface area (Å²) in [5.41, 5.74) is 1.53. The Balaban J connectivity index is 2.02. The molecule has 0 bridgehead atoms. The molecule has 90 valence electrons. The third kappa shape index (κ3) is 2.58. The largest absolute Gasteiger partial charge is 0.481 e. The summed E-state index contributed by atoms with van der Waals surface area (Å²) in [5.74, 6) is -2.16. The first-order valence-corrected chi connectivity index (χ1v) is 5.66. The molecule has 17 heavy (non-hydrogen) atoms. The number of halogens is 1. The number of aryl methyl sites for hydroxylation is 1. The van der Waals surface area contributed by atoms with Crippen LogP contribution < -0.4 is 5.32 Å². The molecular formula is C12H12ClNO3. The van der Waals surface area contributed by atoms with E-state index in [1.807, 2.05) is 13.0 Å². The minimum absolute atomic E-state index is 0.275. The van der Waals surface area contributed by atoms with Gasteiger partial charge in [-0.1, -0.05) is 17.7 Å². The summed E-state index contributed by atoms with van der Waals surface area (Å²) in [5, 5.41) is 11.8. The number of anilines is 1. The van der Waals surface area contributed by atoms with Gasteiger partial charge in [-0.15, -0.1) is 0 Å². The topological polar surface area (TPSA) is 66.4 Å². The number of hydrogen-bond donors (Lipinski definition) is 2. The summed E-state index contributed by atoms with van der Waals surface area (Å²) in [6.45, 7) is 1.90. The van der Waals surface area contributed by atoms with Crippen molar-refractivity contribution in [3.8, 4) is 0 Å². The van der Waals surface area contributed by atoms with Gasteiger partial charge in [0, 0.05) is 0 Å². The fourth-order valence-corrected chi connectivity index (χ4v) is 1.99. The predicted octanol–water partition coefficient (Wildman–Crippen LogP) is 2.31. The summed E-state index contributed by atoms with van der Waals surface area (Å²) in [7, 11) is 0. The number of rotatable bonds is 3. The number of carbonyl (C=O) groups is 2. The van der Waals surface area contributed by atoms with Crippen molar-refractivity contribution in [2.24, 2.45) is 11.8 Å². The molecule has 0 aliphatic heterocycles. The normalized spacial score (nSPS) is 22.0. The zero-order chi connectivity index (χ0) is 12.6. The van der Waals surface area contributed by atoms with Gasteiger partial charge < -0.3 is 10.4 Å². The third-order valence-corrected chi connectivity index (χ3v) is 3.14. The van der Waals surface area contributed by atoms with Gasteiger partial charge in [0.05, 0.1) is 22.5 Å². The maximum Gasteiger partial charge on any atom is 0.307 e. The molecule has 1 aromatic carbocycles. The van der Waals surface area contributed by atoms with Crippen molar-refractivity contribution in [3.63, 3.8) is 0 Å². The fraction of sp³-hybridized carbons (Fsp3) is 0.333. The van der Waals surface area contributed by atoms with Crippen molar-refractivity contribution in [3.05, 3.63) is 28.8 Å². The van der Waals surface area contributed by atoms with Gasteiger partial charge in [-0.2, -0.15) is 0 Å². The van der Waals surface area contributed by atoms with Crippen LogP contribution in [0.1, 0.15) is 12.0 Å². The van der Waals surface area contributed by atoms with Crippen LogP contribution >= 0.6 is 11.6 Å². The molecule has 2 atom stereocenters. The standard InChI is InChI=1S/C12H12ClNO3/c1-6-2-3-10(9(13)4-6)14-11(15)7-5-8(7)12(16)17/h2-4,7-8H,5H2,1H3,(H,14,15)(H,16,17)/t7-,8+/m1/s1. The second-order valence-electron chi connectivity index (χ2n) is 4.26. The van der Waals surface area contributed by atoms with E-state index < -0.39 is 17.8 Å². The summed E-state index contributed by atoms with van der Waals surface area (Å²) in [6, 6.07) is 5.30. The predicted molar refractivity (Wildman–Crippen MR) is 64.1 cm³/mol. The Hall–Kier alpha value is -1.55. The molecule has 1 aliphatic carbocycles. The summed E-state index contributed by atoms with van der Waals surface area (Å²) >= 11 is 5.97. The van der Waals surface area contributed by atoms with Gasteiger partial charge in [0.1, 0.15) is 0 Å². The first kappa shape index (κ1) is 11.9. The lowest BCUT2D eigenvalue weighted by atomic mass is 10.2. The van der Waals surface area contributed by atoms with Gasteiger partial charge in [-0.25, -0.2) is 0 Å².